The summed E-state index contributed by atoms with van der Waals surface area (Å²) in [5.41, 5.74) is 2.36. The van der Waals surface area contributed by atoms with Gasteiger partial charge in [0.05, 0.1) is 15.7 Å². The van der Waals surface area contributed by atoms with E-state index in [9.17, 15) is 9.90 Å². The maximum atomic E-state index is 11.5. The fraction of sp³-hybridized carbons (Fsp3) is 0.188. The van der Waals surface area contributed by atoms with Crippen LogP contribution in [0.4, 0.5) is 5.69 Å². The largest absolute Gasteiger partial charge is 0.480 e. The van der Waals surface area contributed by atoms with Gasteiger partial charge < -0.3 is 10.4 Å². The Labute approximate surface area is 142 Å². The van der Waals surface area contributed by atoms with Gasteiger partial charge in [0, 0.05) is 10.9 Å². The van der Waals surface area contributed by atoms with Gasteiger partial charge in [0.25, 0.3) is 0 Å². The van der Waals surface area contributed by atoms with E-state index in [2.05, 4.69) is 5.32 Å². The van der Waals surface area contributed by atoms with Crippen LogP contribution in [-0.4, -0.2) is 17.1 Å². The monoisotopic (exact) mass is 355 g/mol. The number of carbonyl (C=O) groups is 1. The van der Waals surface area contributed by atoms with Gasteiger partial charge in [0.1, 0.15) is 6.04 Å². The Kier molecular flexibility index (Phi) is 4.22. The van der Waals surface area contributed by atoms with Gasteiger partial charge in [-0.1, -0.05) is 59.1 Å². The van der Waals surface area contributed by atoms with E-state index in [0.717, 1.165) is 11.1 Å². The molecular formula is C16H12Cl3NO2. The van der Waals surface area contributed by atoms with Crippen molar-refractivity contribution >= 4 is 46.5 Å². The van der Waals surface area contributed by atoms with Gasteiger partial charge in [-0.3, -0.25) is 0 Å². The molecule has 114 valence electrons. The van der Waals surface area contributed by atoms with E-state index in [0.29, 0.717) is 27.2 Å². The summed E-state index contributed by atoms with van der Waals surface area (Å²) in [6, 6.07) is 10.3. The van der Waals surface area contributed by atoms with Crippen LogP contribution in [0.5, 0.6) is 0 Å². The van der Waals surface area contributed by atoms with Gasteiger partial charge in [-0.05, 0) is 29.7 Å². The number of hydrogen-bond donors (Lipinski definition) is 2. The first-order valence-corrected chi connectivity index (χ1v) is 7.84. The molecule has 2 aromatic rings. The van der Waals surface area contributed by atoms with Crippen LogP contribution in [0.1, 0.15) is 23.5 Å². The molecule has 0 fully saturated rings. The number of rotatable bonds is 2. The van der Waals surface area contributed by atoms with Crippen LogP contribution in [0.25, 0.3) is 0 Å². The number of fused-ring (bicyclic) bond motifs is 1. The van der Waals surface area contributed by atoms with Crippen molar-refractivity contribution in [2.75, 3.05) is 5.32 Å². The Morgan fingerprint density at radius 1 is 1.05 bits per heavy atom. The Morgan fingerprint density at radius 2 is 1.77 bits per heavy atom. The highest BCUT2D eigenvalue weighted by molar-refractivity contribution is 6.44. The van der Waals surface area contributed by atoms with Gasteiger partial charge in [0.2, 0.25) is 0 Å². The summed E-state index contributed by atoms with van der Waals surface area (Å²) in [6.45, 7) is 0. The van der Waals surface area contributed by atoms with E-state index >= 15 is 0 Å². The molecule has 1 heterocycles. The second-order valence-electron chi connectivity index (χ2n) is 5.17. The van der Waals surface area contributed by atoms with E-state index in [-0.39, 0.29) is 5.92 Å². The molecule has 2 aromatic carbocycles. The minimum absolute atomic E-state index is 0.152. The molecule has 3 rings (SSSR count). The third kappa shape index (κ3) is 2.65. The van der Waals surface area contributed by atoms with Crippen LogP contribution >= 0.6 is 34.8 Å². The van der Waals surface area contributed by atoms with Gasteiger partial charge in [-0.2, -0.15) is 0 Å². The van der Waals surface area contributed by atoms with Crippen LogP contribution in [0.2, 0.25) is 15.1 Å². The molecule has 0 aromatic heterocycles. The number of hydrogen-bond acceptors (Lipinski definition) is 2. The molecule has 0 bridgehead atoms. The molecule has 1 aliphatic heterocycles. The number of benzene rings is 2. The summed E-state index contributed by atoms with van der Waals surface area (Å²) in [4.78, 5) is 11.5. The first-order valence-electron chi connectivity index (χ1n) is 6.70. The summed E-state index contributed by atoms with van der Waals surface area (Å²) >= 11 is 18.6. The molecule has 0 saturated carbocycles. The van der Waals surface area contributed by atoms with Gasteiger partial charge in [0.15, 0.2) is 0 Å². The fourth-order valence-corrected chi connectivity index (χ4v) is 3.46. The first-order chi connectivity index (χ1) is 10.5. The van der Waals surface area contributed by atoms with Crippen molar-refractivity contribution in [1.29, 1.82) is 0 Å². The van der Waals surface area contributed by atoms with E-state index in [4.69, 9.17) is 34.8 Å². The number of nitrogens with one attached hydrogen (secondary N) is 1. The molecule has 2 N–H and O–H groups in total. The number of anilines is 1. The van der Waals surface area contributed by atoms with Crippen LogP contribution in [-0.2, 0) is 4.79 Å². The van der Waals surface area contributed by atoms with Crippen LogP contribution in [0.3, 0.4) is 0 Å². The van der Waals surface area contributed by atoms with Crippen molar-refractivity contribution in [2.24, 2.45) is 0 Å². The minimum Gasteiger partial charge on any atom is -0.480 e. The van der Waals surface area contributed by atoms with Crippen molar-refractivity contribution in [3.8, 4) is 0 Å². The second kappa shape index (κ2) is 5.99. The lowest BCUT2D eigenvalue weighted by atomic mass is 9.82. The van der Waals surface area contributed by atoms with Crippen molar-refractivity contribution in [1.82, 2.24) is 0 Å². The van der Waals surface area contributed by atoms with Crippen LogP contribution < -0.4 is 5.32 Å². The molecule has 0 saturated heterocycles. The van der Waals surface area contributed by atoms with Crippen molar-refractivity contribution in [2.45, 2.75) is 18.4 Å². The standard InChI is InChI=1S/C16H12Cl3NO2/c17-11-4-2-1-3-8(11)10-7-13(16(21)22)20-15-9(10)5-6-12(18)14(15)19/h1-6,10,13,20H,7H2,(H,21,22). The van der Waals surface area contributed by atoms with Crippen molar-refractivity contribution < 1.29 is 9.90 Å². The molecule has 0 spiro atoms. The zero-order valence-electron chi connectivity index (χ0n) is 11.3. The SMILES string of the molecule is O=C(O)C1CC(c2ccccc2Cl)c2ccc(Cl)c(Cl)c2N1. The highest BCUT2D eigenvalue weighted by Gasteiger charge is 2.34. The summed E-state index contributed by atoms with van der Waals surface area (Å²) in [5.74, 6) is -1.08. The summed E-state index contributed by atoms with van der Waals surface area (Å²) in [7, 11) is 0. The Hall–Kier alpha value is -1.42. The Balaban J connectivity index is 2.17. The average molecular weight is 357 g/mol. The van der Waals surface area contributed by atoms with E-state index < -0.39 is 12.0 Å². The summed E-state index contributed by atoms with van der Waals surface area (Å²) in [5, 5.41) is 13.7. The van der Waals surface area contributed by atoms with Crippen molar-refractivity contribution in [3.05, 3.63) is 62.6 Å². The topological polar surface area (TPSA) is 49.3 Å². The molecule has 2 atom stereocenters. The number of halogens is 3. The fourth-order valence-electron chi connectivity index (χ4n) is 2.81. The zero-order chi connectivity index (χ0) is 15.9. The second-order valence-corrected chi connectivity index (χ2v) is 6.36. The molecule has 1 aliphatic rings. The van der Waals surface area contributed by atoms with E-state index in [1.165, 1.54) is 0 Å². The predicted molar refractivity (Wildman–Crippen MR) is 89.4 cm³/mol. The normalized spacial score (nSPS) is 20.1. The third-order valence-corrected chi connectivity index (χ3v) is 5.02. The highest BCUT2D eigenvalue weighted by Crippen LogP contribution is 2.45. The molecule has 0 amide bonds. The summed E-state index contributed by atoms with van der Waals surface area (Å²) < 4.78 is 0. The van der Waals surface area contributed by atoms with Gasteiger partial charge >= 0.3 is 5.97 Å². The lowest BCUT2D eigenvalue weighted by Crippen LogP contribution is -2.35. The Morgan fingerprint density at radius 3 is 2.45 bits per heavy atom. The molecule has 6 heteroatoms. The lowest BCUT2D eigenvalue weighted by Gasteiger charge is -2.32. The quantitative estimate of drug-likeness (QED) is 0.792. The van der Waals surface area contributed by atoms with Gasteiger partial charge in [-0.15, -0.1) is 0 Å². The first kappa shape index (κ1) is 15.5. The zero-order valence-corrected chi connectivity index (χ0v) is 13.6. The smallest absolute Gasteiger partial charge is 0.326 e. The molecule has 22 heavy (non-hydrogen) atoms. The minimum atomic E-state index is -0.932. The number of carboxylic acids is 1. The van der Waals surface area contributed by atoms with E-state index in [1.807, 2.05) is 24.3 Å². The molecular weight excluding hydrogens is 345 g/mol. The van der Waals surface area contributed by atoms with E-state index in [1.54, 1.807) is 12.1 Å². The number of aliphatic carboxylic acids is 1. The predicted octanol–water partition coefficient (Wildman–Crippen LogP) is 5.05. The highest BCUT2D eigenvalue weighted by atomic mass is 35.5. The van der Waals surface area contributed by atoms with Crippen molar-refractivity contribution in [3.63, 3.8) is 0 Å². The third-order valence-electron chi connectivity index (χ3n) is 3.87. The number of carboxylic acid groups (broad SMARTS) is 1. The Bertz CT molecular complexity index is 748. The maximum Gasteiger partial charge on any atom is 0.326 e. The van der Waals surface area contributed by atoms with Crippen LogP contribution in [0, 0.1) is 0 Å². The molecule has 3 nitrogen and oxygen atoms in total. The average Bonchev–Trinajstić information content (AvgIpc) is 2.50. The molecule has 0 aliphatic carbocycles. The van der Waals surface area contributed by atoms with Gasteiger partial charge in [-0.25, -0.2) is 4.79 Å². The summed E-state index contributed by atoms with van der Waals surface area (Å²) in [6.07, 6.45) is 0.393. The van der Waals surface area contributed by atoms with Crippen LogP contribution in [0.15, 0.2) is 36.4 Å². The molecule has 2 unspecified atom stereocenters. The molecule has 0 radical (unpaired) electrons. The lowest BCUT2D eigenvalue weighted by molar-refractivity contribution is -0.138. The maximum absolute atomic E-state index is 11.5.